The monoisotopic (exact) mass is 385 g/mol. The van der Waals surface area contributed by atoms with Gasteiger partial charge in [-0.3, -0.25) is 0 Å². The standard InChI is InChI=1S/C19H13Cl2N3S/c1-11-9-13(20)7-8-15(11)22-17-16-14(12-5-3-2-4-6-12)10-25-18(16)24-19(21)23-17/h2-10H,1H3,(H,22,23,24). The second kappa shape index (κ2) is 6.64. The van der Waals surface area contributed by atoms with Crippen molar-refractivity contribution >= 4 is 56.3 Å². The predicted octanol–water partition coefficient (Wildman–Crippen LogP) is 6.72. The minimum atomic E-state index is 0.225. The molecule has 0 aliphatic carbocycles. The summed E-state index contributed by atoms with van der Waals surface area (Å²) in [5.41, 5.74) is 4.18. The fourth-order valence-electron chi connectivity index (χ4n) is 2.73. The zero-order valence-corrected chi connectivity index (χ0v) is 15.6. The van der Waals surface area contributed by atoms with Gasteiger partial charge in [0, 0.05) is 21.7 Å². The molecule has 2 aromatic heterocycles. The van der Waals surface area contributed by atoms with E-state index in [1.54, 1.807) is 11.3 Å². The summed E-state index contributed by atoms with van der Waals surface area (Å²) >= 11 is 13.7. The molecule has 124 valence electrons. The molecule has 1 N–H and O–H groups in total. The zero-order chi connectivity index (χ0) is 17.4. The molecule has 2 aromatic carbocycles. The summed E-state index contributed by atoms with van der Waals surface area (Å²) in [6.07, 6.45) is 0. The summed E-state index contributed by atoms with van der Waals surface area (Å²) in [5.74, 6) is 0.695. The molecule has 4 rings (SSSR count). The van der Waals surface area contributed by atoms with Crippen LogP contribution in [0.4, 0.5) is 11.5 Å². The van der Waals surface area contributed by atoms with E-state index in [0.29, 0.717) is 10.8 Å². The fraction of sp³-hybridized carbons (Fsp3) is 0.0526. The van der Waals surface area contributed by atoms with Gasteiger partial charge in [-0.05, 0) is 47.9 Å². The number of nitrogens with zero attached hydrogens (tertiary/aromatic N) is 2. The Morgan fingerprint density at radius 1 is 1.00 bits per heavy atom. The van der Waals surface area contributed by atoms with Crippen molar-refractivity contribution in [1.29, 1.82) is 0 Å². The lowest BCUT2D eigenvalue weighted by Gasteiger charge is -2.11. The van der Waals surface area contributed by atoms with Crippen LogP contribution in [0.25, 0.3) is 21.3 Å². The predicted molar refractivity (Wildman–Crippen MR) is 107 cm³/mol. The Balaban J connectivity index is 1.89. The largest absolute Gasteiger partial charge is 0.339 e. The van der Waals surface area contributed by atoms with E-state index in [2.05, 4.69) is 32.8 Å². The van der Waals surface area contributed by atoms with Gasteiger partial charge in [-0.1, -0.05) is 41.9 Å². The van der Waals surface area contributed by atoms with Crippen LogP contribution in [0.2, 0.25) is 10.3 Å². The third-order valence-corrected chi connectivity index (χ3v) is 5.21. The van der Waals surface area contributed by atoms with E-state index in [1.807, 2.05) is 43.3 Å². The van der Waals surface area contributed by atoms with Crippen molar-refractivity contribution in [3.8, 4) is 11.1 Å². The number of anilines is 2. The van der Waals surface area contributed by atoms with Gasteiger partial charge in [0.05, 0.1) is 5.39 Å². The van der Waals surface area contributed by atoms with Crippen molar-refractivity contribution < 1.29 is 0 Å². The maximum atomic E-state index is 6.13. The first-order chi connectivity index (χ1) is 12.1. The summed E-state index contributed by atoms with van der Waals surface area (Å²) < 4.78 is 0. The highest BCUT2D eigenvalue weighted by Crippen LogP contribution is 2.38. The van der Waals surface area contributed by atoms with Crippen LogP contribution in [0.5, 0.6) is 0 Å². The molecule has 4 aromatic rings. The number of thiophene rings is 1. The Labute approximate surface area is 159 Å². The number of hydrogen-bond acceptors (Lipinski definition) is 4. The molecule has 25 heavy (non-hydrogen) atoms. The van der Waals surface area contributed by atoms with Crippen molar-refractivity contribution in [2.45, 2.75) is 6.92 Å². The van der Waals surface area contributed by atoms with E-state index in [0.717, 1.165) is 32.6 Å². The van der Waals surface area contributed by atoms with Gasteiger partial charge in [0.2, 0.25) is 5.28 Å². The number of rotatable bonds is 3. The summed E-state index contributed by atoms with van der Waals surface area (Å²) in [4.78, 5) is 9.66. The Morgan fingerprint density at radius 3 is 2.56 bits per heavy atom. The fourth-order valence-corrected chi connectivity index (χ4v) is 4.12. The quantitative estimate of drug-likeness (QED) is 0.397. The van der Waals surface area contributed by atoms with Crippen LogP contribution in [0.3, 0.4) is 0 Å². The van der Waals surface area contributed by atoms with E-state index < -0.39 is 0 Å². The number of nitrogens with one attached hydrogen (secondary N) is 1. The number of benzene rings is 2. The van der Waals surface area contributed by atoms with E-state index in [1.165, 1.54) is 0 Å². The molecular formula is C19H13Cl2N3S. The SMILES string of the molecule is Cc1cc(Cl)ccc1Nc1nc(Cl)nc2scc(-c3ccccc3)c12. The van der Waals surface area contributed by atoms with Crippen LogP contribution >= 0.6 is 34.5 Å². The van der Waals surface area contributed by atoms with Gasteiger partial charge in [0.1, 0.15) is 10.6 Å². The van der Waals surface area contributed by atoms with E-state index in [9.17, 15) is 0 Å². The summed E-state index contributed by atoms with van der Waals surface area (Å²) in [6, 6.07) is 15.9. The van der Waals surface area contributed by atoms with Crippen LogP contribution in [-0.2, 0) is 0 Å². The Morgan fingerprint density at radius 2 is 1.80 bits per heavy atom. The smallest absolute Gasteiger partial charge is 0.225 e. The lowest BCUT2D eigenvalue weighted by Crippen LogP contribution is -1.98. The molecule has 0 amide bonds. The lowest BCUT2D eigenvalue weighted by atomic mass is 10.1. The van der Waals surface area contributed by atoms with Gasteiger partial charge < -0.3 is 5.32 Å². The van der Waals surface area contributed by atoms with Gasteiger partial charge in [0.15, 0.2) is 0 Å². The Bertz CT molecular complexity index is 1060. The highest BCUT2D eigenvalue weighted by Gasteiger charge is 2.15. The zero-order valence-electron chi connectivity index (χ0n) is 13.3. The first-order valence-corrected chi connectivity index (χ1v) is 9.29. The molecule has 0 spiro atoms. The van der Waals surface area contributed by atoms with Crippen molar-refractivity contribution in [2.75, 3.05) is 5.32 Å². The maximum Gasteiger partial charge on any atom is 0.225 e. The molecule has 6 heteroatoms. The van der Waals surface area contributed by atoms with Gasteiger partial charge in [-0.15, -0.1) is 11.3 Å². The van der Waals surface area contributed by atoms with Crippen molar-refractivity contribution in [2.24, 2.45) is 0 Å². The van der Waals surface area contributed by atoms with E-state index in [-0.39, 0.29) is 5.28 Å². The molecule has 0 aliphatic heterocycles. The first kappa shape index (κ1) is 16.3. The normalized spacial score (nSPS) is 11.0. The van der Waals surface area contributed by atoms with Crippen LogP contribution in [0, 0.1) is 6.92 Å². The summed E-state index contributed by atoms with van der Waals surface area (Å²) in [6.45, 7) is 2.00. The minimum absolute atomic E-state index is 0.225. The van der Waals surface area contributed by atoms with Crippen LogP contribution in [0.1, 0.15) is 5.56 Å². The van der Waals surface area contributed by atoms with Gasteiger partial charge in [0.25, 0.3) is 0 Å². The number of halogens is 2. The van der Waals surface area contributed by atoms with Gasteiger partial charge in [-0.2, -0.15) is 4.98 Å². The molecule has 2 heterocycles. The average Bonchev–Trinajstić information content (AvgIpc) is 3.02. The van der Waals surface area contributed by atoms with Gasteiger partial charge in [-0.25, -0.2) is 4.98 Å². The van der Waals surface area contributed by atoms with Crippen molar-refractivity contribution in [1.82, 2.24) is 9.97 Å². The minimum Gasteiger partial charge on any atom is -0.339 e. The van der Waals surface area contributed by atoms with Crippen molar-refractivity contribution in [3.63, 3.8) is 0 Å². The topological polar surface area (TPSA) is 37.8 Å². The van der Waals surface area contributed by atoms with Crippen molar-refractivity contribution in [3.05, 3.63) is 69.8 Å². The molecule has 0 saturated heterocycles. The summed E-state index contributed by atoms with van der Waals surface area (Å²) in [7, 11) is 0. The average molecular weight is 386 g/mol. The van der Waals surface area contributed by atoms with Crippen LogP contribution in [-0.4, -0.2) is 9.97 Å². The molecule has 0 radical (unpaired) electrons. The highest BCUT2D eigenvalue weighted by molar-refractivity contribution is 7.17. The molecule has 0 atom stereocenters. The van der Waals surface area contributed by atoms with E-state index in [4.69, 9.17) is 23.2 Å². The lowest BCUT2D eigenvalue weighted by molar-refractivity contribution is 1.23. The molecule has 0 aliphatic rings. The maximum absolute atomic E-state index is 6.13. The van der Waals surface area contributed by atoms with Crippen LogP contribution in [0.15, 0.2) is 53.9 Å². The number of hydrogen-bond donors (Lipinski definition) is 1. The molecule has 0 fully saturated rings. The number of aryl methyl sites for hydroxylation is 1. The molecular weight excluding hydrogens is 373 g/mol. The second-order valence-electron chi connectivity index (χ2n) is 5.62. The molecule has 0 saturated carbocycles. The first-order valence-electron chi connectivity index (χ1n) is 7.65. The summed E-state index contributed by atoms with van der Waals surface area (Å²) in [5, 5.41) is 7.38. The third-order valence-electron chi connectivity index (χ3n) is 3.93. The highest BCUT2D eigenvalue weighted by atomic mass is 35.5. The number of aromatic nitrogens is 2. The van der Waals surface area contributed by atoms with Crippen LogP contribution < -0.4 is 5.32 Å². The second-order valence-corrected chi connectivity index (χ2v) is 7.25. The Kier molecular flexibility index (Phi) is 4.34. The molecule has 0 bridgehead atoms. The third kappa shape index (κ3) is 3.21. The molecule has 3 nitrogen and oxygen atoms in total. The molecule has 0 unspecified atom stereocenters. The number of fused-ring (bicyclic) bond motifs is 1. The Hall–Kier alpha value is -2.14. The van der Waals surface area contributed by atoms with E-state index >= 15 is 0 Å². The van der Waals surface area contributed by atoms with Gasteiger partial charge >= 0.3 is 0 Å².